The molecule has 2 aliphatic rings. The quantitative estimate of drug-likeness (QED) is 0.207. The van der Waals surface area contributed by atoms with E-state index in [1.54, 1.807) is 35.4 Å². The Hall–Kier alpha value is -4.73. The number of benzene rings is 3. The molecule has 1 aromatic heterocycles. The molecule has 2 amide bonds. The van der Waals surface area contributed by atoms with E-state index in [4.69, 9.17) is 21.1 Å². The minimum absolute atomic E-state index is 0. The third-order valence-corrected chi connectivity index (χ3v) is 10.6. The van der Waals surface area contributed by atoms with Gasteiger partial charge in [0.2, 0.25) is 5.91 Å². The maximum absolute atomic E-state index is 15.0. The molecule has 1 unspecified atom stereocenters. The van der Waals surface area contributed by atoms with Gasteiger partial charge in [0.1, 0.15) is 27.6 Å². The second kappa shape index (κ2) is 14.5. The van der Waals surface area contributed by atoms with Crippen LogP contribution in [0.2, 0.25) is 5.02 Å². The number of fused-ring (bicyclic) bond motifs is 1. The van der Waals surface area contributed by atoms with E-state index in [9.17, 15) is 26.4 Å². The van der Waals surface area contributed by atoms with E-state index in [0.717, 1.165) is 24.0 Å². The number of aromatic nitrogens is 1. The minimum Gasteiger partial charge on any atom is -0.497 e. The molecule has 17 heteroatoms. The Labute approximate surface area is 302 Å². The summed E-state index contributed by atoms with van der Waals surface area (Å²) >= 11 is 6.45. The van der Waals surface area contributed by atoms with Crippen molar-refractivity contribution in [2.24, 2.45) is 0 Å². The number of rotatable bonds is 9. The summed E-state index contributed by atoms with van der Waals surface area (Å²) in [6, 6.07) is 18.6. The average molecular weight is 768 g/mol. The maximum atomic E-state index is 15.0. The number of hydrogen-bond donors (Lipinski definition) is 0. The van der Waals surface area contributed by atoms with Gasteiger partial charge in [-0.15, -0.1) is 25.6 Å². The molecular weight excluding hydrogens is 736 g/mol. The molecule has 0 aliphatic carbocycles. The number of halogens is 5. The monoisotopic (exact) mass is 766 g/mol. The van der Waals surface area contributed by atoms with E-state index < -0.39 is 50.7 Å². The van der Waals surface area contributed by atoms with Crippen molar-refractivity contribution in [3.8, 4) is 17.2 Å². The van der Waals surface area contributed by atoms with Gasteiger partial charge in [-0.2, -0.15) is 0 Å². The van der Waals surface area contributed by atoms with Crippen LogP contribution in [0.4, 0.5) is 24.7 Å². The van der Waals surface area contributed by atoms with Crippen molar-refractivity contribution in [3.63, 3.8) is 0 Å². The lowest BCUT2D eigenvalue weighted by molar-refractivity contribution is -0.275. The topological polar surface area (TPSA) is 119 Å². The summed E-state index contributed by atoms with van der Waals surface area (Å²) in [6.45, 7) is 1.45. The van der Waals surface area contributed by atoms with E-state index in [0.29, 0.717) is 17.4 Å². The Morgan fingerprint density at radius 1 is 0.902 bits per heavy atom. The molecular formula is C34H31Cl2F3N4O7S. The first kappa shape index (κ1) is 37.5. The summed E-state index contributed by atoms with van der Waals surface area (Å²) in [5.74, 6) is -1.91. The van der Waals surface area contributed by atoms with Crippen LogP contribution >= 0.6 is 24.0 Å². The van der Waals surface area contributed by atoms with Gasteiger partial charge in [0.25, 0.3) is 15.9 Å². The number of sulfonamides is 1. The Morgan fingerprint density at radius 2 is 1.61 bits per heavy atom. The number of methoxy groups -OCH3 is 2. The number of amides is 2. The largest absolute Gasteiger partial charge is 0.573 e. The second-order valence-electron chi connectivity index (χ2n) is 11.4. The predicted molar refractivity (Wildman–Crippen MR) is 184 cm³/mol. The van der Waals surface area contributed by atoms with Gasteiger partial charge >= 0.3 is 6.36 Å². The van der Waals surface area contributed by atoms with Gasteiger partial charge in [-0.25, -0.2) is 17.7 Å². The van der Waals surface area contributed by atoms with Gasteiger partial charge in [-0.05, 0) is 54.1 Å². The molecule has 51 heavy (non-hydrogen) atoms. The number of anilines is 2. The van der Waals surface area contributed by atoms with Crippen molar-refractivity contribution >= 4 is 57.4 Å². The molecule has 1 atom stereocenters. The molecule has 0 N–H and O–H groups in total. The van der Waals surface area contributed by atoms with Crippen LogP contribution in [-0.4, -0.2) is 76.9 Å². The number of nitrogens with zero attached hydrogens (tertiary/aromatic N) is 4. The highest BCUT2D eigenvalue weighted by atomic mass is 35.5. The van der Waals surface area contributed by atoms with Crippen LogP contribution in [0.1, 0.15) is 17.5 Å². The van der Waals surface area contributed by atoms with Gasteiger partial charge in [-0.3, -0.25) is 9.59 Å². The zero-order chi connectivity index (χ0) is 35.8. The fraction of sp³-hybridized carbons (Fsp3) is 0.265. The van der Waals surface area contributed by atoms with E-state index in [1.807, 2.05) is 17.0 Å². The number of hydrogen-bond acceptors (Lipinski definition) is 9. The molecule has 270 valence electrons. The molecule has 11 nitrogen and oxygen atoms in total. The zero-order valence-electron chi connectivity index (χ0n) is 27.1. The smallest absolute Gasteiger partial charge is 0.497 e. The molecule has 4 aromatic rings. The predicted octanol–water partition coefficient (Wildman–Crippen LogP) is 5.83. The summed E-state index contributed by atoms with van der Waals surface area (Å²) < 4.78 is 84.7. The maximum Gasteiger partial charge on any atom is 0.573 e. The fourth-order valence-electron chi connectivity index (χ4n) is 6.38. The van der Waals surface area contributed by atoms with Crippen molar-refractivity contribution in [1.29, 1.82) is 0 Å². The third kappa shape index (κ3) is 6.97. The Balaban J connectivity index is 0.00000504. The number of ether oxygens (including phenoxy) is 3. The number of alkyl halides is 3. The molecule has 0 saturated carbocycles. The number of carbonyl (C=O) groups excluding carboxylic acids is 2. The average Bonchev–Trinajstić information content (AvgIpc) is 3.35. The van der Waals surface area contributed by atoms with Crippen molar-refractivity contribution in [2.45, 2.75) is 23.1 Å². The van der Waals surface area contributed by atoms with Crippen LogP contribution < -0.4 is 23.4 Å². The highest BCUT2D eigenvalue weighted by Crippen LogP contribution is 2.54. The van der Waals surface area contributed by atoms with Gasteiger partial charge in [0.05, 0.1) is 19.9 Å². The van der Waals surface area contributed by atoms with E-state index >= 15 is 4.79 Å². The van der Waals surface area contributed by atoms with Crippen molar-refractivity contribution < 1.29 is 45.4 Å². The zero-order valence-corrected chi connectivity index (χ0v) is 29.5. The standard InChI is InChI=1S/C34H30ClF3N4O7S.ClH/c1-47-23-11-13-29(28(20-23)49-34(36,37)38)50(45,46)42-26-12-10-22(35)19-25(26)33(32(42)44,24-7-3-4-8-27(24)48-2)21-31(43)41-17-15-40(16-18-41)30-9-5-6-14-39-30;/h3-14,19-20H,15-18,21H2,1-2H3;1H. The third-order valence-electron chi connectivity index (χ3n) is 8.67. The number of carbonyl (C=O) groups is 2. The van der Waals surface area contributed by atoms with Crippen molar-refractivity contribution in [2.75, 3.05) is 49.6 Å². The normalized spacial score (nSPS) is 17.5. The molecule has 0 bridgehead atoms. The highest BCUT2D eigenvalue weighted by molar-refractivity contribution is 7.93. The summed E-state index contributed by atoms with van der Waals surface area (Å²) in [5, 5.41) is 0.122. The lowest BCUT2D eigenvalue weighted by Gasteiger charge is -2.37. The summed E-state index contributed by atoms with van der Waals surface area (Å²) in [4.78, 5) is 36.3. The number of piperazine rings is 1. The van der Waals surface area contributed by atoms with E-state index in [1.165, 1.54) is 38.5 Å². The molecule has 1 saturated heterocycles. The van der Waals surface area contributed by atoms with Gasteiger partial charge < -0.3 is 24.0 Å². The SMILES string of the molecule is COc1ccc(S(=O)(=O)N2C(=O)C(CC(=O)N3CCN(c4ccccn4)CC3)(c3ccccc3OC)c3cc(Cl)ccc32)c(OC(F)(F)F)c1.Cl. The first-order valence-corrected chi connectivity index (χ1v) is 17.0. The summed E-state index contributed by atoms with van der Waals surface area (Å²) in [7, 11) is -2.62. The van der Waals surface area contributed by atoms with Crippen LogP contribution in [0.25, 0.3) is 0 Å². The molecule has 3 aromatic carbocycles. The molecule has 0 spiro atoms. The van der Waals surface area contributed by atoms with E-state index in [-0.39, 0.29) is 58.8 Å². The van der Waals surface area contributed by atoms with Gasteiger partial charge in [0, 0.05) is 55.4 Å². The van der Waals surface area contributed by atoms with Gasteiger partial charge in [-0.1, -0.05) is 35.9 Å². The summed E-state index contributed by atoms with van der Waals surface area (Å²) in [5.41, 5.74) is -2.02. The first-order valence-electron chi connectivity index (χ1n) is 15.2. The molecule has 1 fully saturated rings. The van der Waals surface area contributed by atoms with E-state index in [2.05, 4.69) is 9.72 Å². The molecule has 3 heterocycles. The first-order chi connectivity index (χ1) is 23.8. The lowest BCUT2D eigenvalue weighted by atomic mass is 9.72. The number of pyridine rings is 1. The Bertz CT molecular complexity index is 2050. The van der Waals surface area contributed by atoms with Gasteiger partial charge in [0.15, 0.2) is 5.75 Å². The van der Waals surface area contributed by atoms with Crippen LogP contribution in [0.15, 0.2) is 90.0 Å². The Kier molecular flexibility index (Phi) is 10.7. The van der Waals surface area contributed by atoms with Crippen LogP contribution in [0.5, 0.6) is 17.2 Å². The van der Waals surface area contributed by atoms with Crippen LogP contribution in [0, 0.1) is 0 Å². The second-order valence-corrected chi connectivity index (χ2v) is 13.6. The van der Waals surface area contributed by atoms with Crippen molar-refractivity contribution in [3.05, 3.63) is 101 Å². The fourth-order valence-corrected chi connectivity index (χ4v) is 8.14. The summed E-state index contributed by atoms with van der Waals surface area (Å²) in [6.07, 6.45) is -4.17. The molecule has 6 rings (SSSR count). The lowest BCUT2D eigenvalue weighted by Crippen LogP contribution is -2.52. The highest BCUT2D eigenvalue weighted by Gasteiger charge is 2.59. The number of para-hydroxylation sites is 1. The molecule has 0 radical (unpaired) electrons. The Morgan fingerprint density at radius 3 is 2.25 bits per heavy atom. The molecule has 2 aliphatic heterocycles. The van der Waals surface area contributed by atoms with Crippen LogP contribution in [0.3, 0.4) is 0 Å². The minimum atomic E-state index is -5.29. The van der Waals surface area contributed by atoms with Crippen LogP contribution in [-0.2, 0) is 25.0 Å². The van der Waals surface area contributed by atoms with Crippen molar-refractivity contribution in [1.82, 2.24) is 9.88 Å².